The summed E-state index contributed by atoms with van der Waals surface area (Å²) in [6, 6.07) is 0.624. The number of hydrogen-bond acceptors (Lipinski definition) is 3. The van der Waals surface area contributed by atoms with E-state index in [0.29, 0.717) is 6.07 Å². The summed E-state index contributed by atoms with van der Waals surface area (Å²) >= 11 is 5.64. The SMILES string of the molecule is CCc1c(F)c([N+](=O)[O-])cc(C(=O)O)c1Cl. The van der Waals surface area contributed by atoms with Crippen molar-refractivity contribution in [2.75, 3.05) is 0 Å². The normalized spacial score (nSPS) is 10.2. The van der Waals surface area contributed by atoms with Crippen LogP contribution in [0.4, 0.5) is 10.1 Å². The molecule has 0 unspecified atom stereocenters. The molecule has 1 aromatic carbocycles. The van der Waals surface area contributed by atoms with Gasteiger partial charge in [0.15, 0.2) is 0 Å². The summed E-state index contributed by atoms with van der Waals surface area (Å²) in [7, 11) is 0. The minimum Gasteiger partial charge on any atom is -0.478 e. The molecule has 0 saturated carbocycles. The van der Waals surface area contributed by atoms with Gasteiger partial charge in [-0.25, -0.2) is 4.79 Å². The van der Waals surface area contributed by atoms with Gasteiger partial charge in [-0.2, -0.15) is 4.39 Å². The molecule has 1 aromatic rings. The molecule has 0 bridgehead atoms. The standard InChI is InChI=1S/C9H7ClFNO4/c1-2-4-7(10)5(9(13)14)3-6(8(4)11)12(15)16/h3H,2H2,1H3,(H,13,14). The van der Waals surface area contributed by atoms with E-state index in [-0.39, 0.29) is 17.0 Å². The Morgan fingerprint density at radius 2 is 2.25 bits per heavy atom. The lowest BCUT2D eigenvalue weighted by Crippen LogP contribution is -2.05. The van der Waals surface area contributed by atoms with Crippen molar-refractivity contribution in [1.82, 2.24) is 0 Å². The summed E-state index contributed by atoms with van der Waals surface area (Å²) in [5, 5.41) is 19.0. The molecule has 7 heteroatoms. The monoisotopic (exact) mass is 247 g/mol. The number of carboxylic acids is 1. The van der Waals surface area contributed by atoms with Crippen LogP contribution in [0.2, 0.25) is 5.02 Å². The van der Waals surface area contributed by atoms with Gasteiger partial charge in [-0.05, 0) is 6.42 Å². The maximum Gasteiger partial charge on any atom is 0.337 e. The highest BCUT2D eigenvalue weighted by Gasteiger charge is 2.25. The Morgan fingerprint density at radius 1 is 1.69 bits per heavy atom. The van der Waals surface area contributed by atoms with E-state index in [9.17, 15) is 19.3 Å². The number of halogens is 2. The fourth-order valence-electron chi connectivity index (χ4n) is 1.28. The van der Waals surface area contributed by atoms with Crippen LogP contribution in [-0.2, 0) is 6.42 Å². The highest BCUT2D eigenvalue weighted by molar-refractivity contribution is 6.34. The van der Waals surface area contributed by atoms with Crippen LogP contribution in [0, 0.1) is 15.9 Å². The molecule has 86 valence electrons. The molecule has 1 rings (SSSR count). The van der Waals surface area contributed by atoms with Gasteiger partial charge in [0.2, 0.25) is 5.82 Å². The lowest BCUT2D eigenvalue weighted by molar-refractivity contribution is -0.387. The smallest absolute Gasteiger partial charge is 0.337 e. The van der Waals surface area contributed by atoms with Gasteiger partial charge in [0.05, 0.1) is 15.5 Å². The molecule has 0 amide bonds. The van der Waals surface area contributed by atoms with Crippen molar-refractivity contribution in [2.45, 2.75) is 13.3 Å². The average Bonchev–Trinajstić information content (AvgIpc) is 2.17. The molecule has 0 atom stereocenters. The molecule has 16 heavy (non-hydrogen) atoms. The average molecular weight is 248 g/mol. The Hall–Kier alpha value is -1.69. The summed E-state index contributed by atoms with van der Waals surface area (Å²) in [4.78, 5) is 20.3. The van der Waals surface area contributed by atoms with Crippen LogP contribution in [0.5, 0.6) is 0 Å². The maximum absolute atomic E-state index is 13.5. The molecule has 0 aliphatic heterocycles. The number of hydrogen-bond donors (Lipinski definition) is 1. The molecule has 5 nitrogen and oxygen atoms in total. The first-order valence-electron chi connectivity index (χ1n) is 4.28. The molecule has 1 N–H and O–H groups in total. The van der Waals surface area contributed by atoms with E-state index in [0.717, 1.165) is 0 Å². The van der Waals surface area contributed by atoms with Crippen molar-refractivity contribution in [3.8, 4) is 0 Å². The molecule has 0 aromatic heterocycles. The summed E-state index contributed by atoms with van der Waals surface area (Å²) in [6.07, 6.45) is 0.0760. The zero-order valence-corrected chi connectivity index (χ0v) is 8.92. The Bertz CT molecular complexity index is 437. The first-order valence-corrected chi connectivity index (χ1v) is 4.66. The molecular weight excluding hydrogens is 241 g/mol. The highest BCUT2D eigenvalue weighted by Crippen LogP contribution is 2.31. The second-order valence-corrected chi connectivity index (χ2v) is 3.34. The van der Waals surface area contributed by atoms with E-state index < -0.39 is 28.0 Å². The fraction of sp³-hybridized carbons (Fsp3) is 0.222. The molecule has 0 radical (unpaired) electrons. The van der Waals surface area contributed by atoms with E-state index in [4.69, 9.17) is 16.7 Å². The second kappa shape index (κ2) is 4.44. The Balaban J connectivity index is 3.62. The molecular formula is C9H7ClFNO4. The van der Waals surface area contributed by atoms with Gasteiger partial charge in [-0.3, -0.25) is 10.1 Å². The van der Waals surface area contributed by atoms with Crippen LogP contribution in [0.3, 0.4) is 0 Å². The van der Waals surface area contributed by atoms with Crippen LogP contribution in [0.15, 0.2) is 6.07 Å². The van der Waals surface area contributed by atoms with Crippen molar-refractivity contribution in [2.24, 2.45) is 0 Å². The predicted octanol–water partition coefficient (Wildman–Crippen LogP) is 2.65. The van der Waals surface area contributed by atoms with Crippen LogP contribution in [-0.4, -0.2) is 16.0 Å². The first-order chi connectivity index (χ1) is 7.40. The fourth-order valence-corrected chi connectivity index (χ4v) is 1.63. The van der Waals surface area contributed by atoms with Gasteiger partial charge in [-0.1, -0.05) is 18.5 Å². The third kappa shape index (κ3) is 1.96. The number of nitro groups is 1. The molecule has 0 heterocycles. The Labute approximate surface area is 94.6 Å². The second-order valence-electron chi connectivity index (χ2n) is 2.97. The third-order valence-corrected chi connectivity index (χ3v) is 2.48. The molecule has 0 saturated heterocycles. The van der Waals surface area contributed by atoms with Gasteiger partial charge in [0, 0.05) is 11.6 Å². The number of rotatable bonds is 3. The zero-order valence-electron chi connectivity index (χ0n) is 8.16. The van der Waals surface area contributed by atoms with Gasteiger partial charge in [0.1, 0.15) is 0 Å². The minimum atomic E-state index is -1.43. The Morgan fingerprint density at radius 3 is 2.62 bits per heavy atom. The van der Waals surface area contributed by atoms with Crippen LogP contribution < -0.4 is 0 Å². The largest absolute Gasteiger partial charge is 0.478 e. The Kier molecular flexibility index (Phi) is 3.44. The van der Waals surface area contributed by atoms with Gasteiger partial charge >= 0.3 is 11.7 Å². The summed E-state index contributed by atoms with van der Waals surface area (Å²) in [5.41, 5.74) is -1.50. The van der Waals surface area contributed by atoms with Crippen LogP contribution in [0.1, 0.15) is 22.8 Å². The molecule has 0 fully saturated rings. The summed E-state index contributed by atoms with van der Waals surface area (Å²) < 4.78 is 13.5. The number of nitro benzene ring substituents is 1. The maximum atomic E-state index is 13.5. The topological polar surface area (TPSA) is 80.4 Å². The van der Waals surface area contributed by atoms with E-state index in [2.05, 4.69) is 0 Å². The predicted molar refractivity (Wildman–Crippen MR) is 54.4 cm³/mol. The van der Waals surface area contributed by atoms with Crippen molar-refractivity contribution in [1.29, 1.82) is 0 Å². The molecule has 0 aliphatic carbocycles. The van der Waals surface area contributed by atoms with Gasteiger partial charge < -0.3 is 5.11 Å². The van der Waals surface area contributed by atoms with Gasteiger partial charge in [0.25, 0.3) is 0 Å². The third-order valence-electron chi connectivity index (χ3n) is 2.05. The quantitative estimate of drug-likeness (QED) is 0.658. The van der Waals surface area contributed by atoms with E-state index in [1.165, 1.54) is 6.92 Å². The van der Waals surface area contributed by atoms with E-state index >= 15 is 0 Å². The number of carboxylic acid groups (broad SMARTS) is 1. The van der Waals surface area contributed by atoms with Crippen LogP contribution >= 0.6 is 11.6 Å². The first kappa shape index (κ1) is 12.4. The summed E-state index contributed by atoms with van der Waals surface area (Å²) in [6.45, 7) is 1.53. The lowest BCUT2D eigenvalue weighted by atomic mass is 10.1. The number of benzene rings is 1. The van der Waals surface area contributed by atoms with E-state index in [1.807, 2.05) is 0 Å². The molecule has 0 aliphatic rings. The van der Waals surface area contributed by atoms with Crippen LogP contribution in [0.25, 0.3) is 0 Å². The molecule has 0 spiro atoms. The van der Waals surface area contributed by atoms with Crippen molar-refractivity contribution in [3.63, 3.8) is 0 Å². The highest BCUT2D eigenvalue weighted by atomic mass is 35.5. The minimum absolute atomic E-state index is 0.0760. The van der Waals surface area contributed by atoms with E-state index in [1.54, 1.807) is 0 Å². The zero-order chi connectivity index (χ0) is 12.5. The summed E-state index contributed by atoms with van der Waals surface area (Å²) in [5.74, 6) is -2.51. The lowest BCUT2D eigenvalue weighted by Gasteiger charge is -2.06. The van der Waals surface area contributed by atoms with Crippen molar-refractivity contribution >= 4 is 23.3 Å². The number of aromatic carboxylic acids is 1. The van der Waals surface area contributed by atoms with Gasteiger partial charge in [-0.15, -0.1) is 0 Å². The number of nitrogens with zero attached hydrogens (tertiary/aromatic N) is 1. The van der Waals surface area contributed by atoms with Crippen molar-refractivity contribution in [3.05, 3.63) is 38.1 Å². The number of carbonyl (C=O) groups is 1. The van der Waals surface area contributed by atoms with Crippen molar-refractivity contribution < 1.29 is 19.2 Å².